The molecule has 1 aliphatic carbocycles. The van der Waals surface area contributed by atoms with Gasteiger partial charge < -0.3 is 30.1 Å². The number of carbonyl (C=O) groups excluding carboxylic acids is 2. The minimum atomic E-state index is -1.37. The zero-order valence-corrected chi connectivity index (χ0v) is 33.8. The Bertz CT molecular complexity index is 2250. The molecule has 1 fully saturated rings. The molecule has 6 rings (SSSR count). The normalized spacial score (nSPS) is 23.0. The molecule has 5 N–H and O–H groups in total. The van der Waals surface area contributed by atoms with E-state index in [2.05, 4.69) is 87.5 Å². The number of carboxylic acid groups (broad SMARTS) is 1. The predicted molar refractivity (Wildman–Crippen MR) is 220 cm³/mol. The SMILES string of the molecule is C=Cc1c2[nH]c(c1C)/C=C1\N/C(=C3\c4[nH]c(c(C)c4C(=O)[C@@H]3C(=O)O)/C=c3\[nH]/c(c(C)c3CC)=C\2)[C@@H](CCC(=O)OC/C=C(\C)CCC[C@H](C)CCC)[C@@H]1C. The lowest BCUT2D eigenvalue weighted by atomic mass is 9.85. The molecule has 55 heavy (non-hydrogen) atoms. The van der Waals surface area contributed by atoms with Crippen LogP contribution in [0.4, 0.5) is 0 Å². The number of fused-ring (bicyclic) bond motifs is 7. The summed E-state index contributed by atoms with van der Waals surface area (Å²) >= 11 is 0. The number of esters is 1. The number of aromatic amines is 3. The molecule has 0 amide bonds. The van der Waals surface area contributed by atoms with Gasteiger partial charge in [-0.15, -0.1) is 0 Å². The molecule has 1 saturated heterocycles. The quantitative estimate of drug-likeness (QED) is 0.0641. The number of aromatic nitrogens is 3. The molecule has 2 aliphatic heterocycles. The Morgan fingerprint density at radius 2 is 1.69 bits per heavy atom. The monoisotopic (exact) mass is 746 g/mol. The van der Waals surface area contributed by atoms with Crippen LogP contribution < -0.4 is 16.0 Å². The summed E-state index contributed by atoms with van der Waals surface area (Å²) in [7, 11) is 0. The molecule has 0 saturated carbocycles. The first kappa shape index (κ1) is 39.6. The van der Waals surface area contributed by atoms with E-state index in [0.717, 1.165) is 80.9 Å². The second-order valence-electron chi connectivity index (χ2n) is 15.9. The third-order valence-corrected chi connectivity index (χ3v) is 12.3. The zero-order valence-electron chi connectivity index (χ0n) is 33.8. The van der Waals surface area contributed by atoms with Crippen molar-refractivity contribution in [2.24, 2.45) is 23.7 Å². The predicted octanol–water partition coefficient (Wildman–Crippen LogP) is 8.15. The van der Waals surface area contributed by atoms with Gasteiger partial charge in [0.2, 0.25) is 0 Å². The van der Waals surface area contributed by atoms with Gasteiger partial charge in [-0.1, -0.05) is 65.2 Å². The Kier molecular flexibility index (Phi) is 11.8. The third-order valence-electron chi connectivity index (χ3n) is 12.3. The van der Waals surface area contributed by atoms with Gasteiger partial charge in [-0.05, 0) is 106 Å². The first-order valence-corrected chi connectivity index (χ1v) is 20.1. The highest BCUT2D eigenvalue weighted by molar-refractivity contribution is 6.24. The number of carboxylic acids is 1. The highest BCUT2D eigenvalue weighted by atomic mass is 16.5. The highest BCUT2D eigenvalue weighted by Gasteiger charge is 2.48. The summed E-state index contributed by atoms with van der Waals surface area (Å²) < 4.78 is 5.69. The summed E-state index contributed by atoms with van der Waals surface area (Å²) in [6, 6.07) is 0. The molecule has 3 aromatic heterocycles. The number of aliphatic carboxylic acids is 1. The lowest BCUT2D eigenvalue weighted by Crippen LogP contribution is -2.24. The topological polar surface area (TPSA) is 140 Å². The average molecular weight is 747 g/mol. The number of hydrogen-bond acceptors (Lipinski definition) is 5. The van der Waals surface area contributed by atoms with Crippen molar-refractivity contribution in [1.82, 2.24) is 20.3 Å². The van der Waals surface area contributed by atoms with E-state index in [0.29, 0.717) is 34.5 Å². The highest BCUT2D eigenvalue weighted by Crippen LogP contribution is 2.48. The third kappa shape index (κ3) is 7.63. The number of rotatable bonds is 14. The Hall–Kier alpha value is -5.05. The molecule has 0 aromatic carbocycles. The average Bonchev–Trinajstić information content (AvgIpc) is 3.88. The van der Waals surface area contributed by atoms with Crippen LogP contribution in [0.25, 0.3) is 29.9 Å². The van der Waals surface area contributed by atoms with Gasteiger partial charge in [0.1, 0.15) is 12.5 Å². The van der Waals surface area contributed by atoms with Crippen molar-refractivity contribution in [3.63, 3.8) is 0 Å². The van der Waals surface area contributed by atoms with Crippen LogP contribution >= 0.6 is 0 Å². The van der Waals surface area contributed by atoms with Gasteiger partial charge in [0, 0.05) is 74.1 Å². The van der Waals surface area contributed by atoms with Gasteiger partial charge in [-0.2, -0.15) is 0 Å². The molecule has 3 aromatic rings. The number of nitrogens with one attached hydrogen (secondary N) is 4. The summed E-state index contributed by atoms with van der Waals surface area (Å²) in [6.45, 7) is 21.2. The molecule has 9 nitrogen and oxygen atoms in total. The number of ether oxygens (including phenoxy) is 1. The van der Waals surface area contributed by atoms with Crippen LogP contribution in [0.1, 0.15) is 141 Å². The van der Waals surface area contributed by atoms with Gasteiger partial charge >= 0.3 is 11.9 Å². The van der Waals surface area contributed by atoms with Crippen LogP contribution in [0.15, 0.2) is 29.6 Å². The number of Topliss-reactive ketones (excluding diaryl/α,β-unsaturated/α-hetero) is 1. The maximum absolute atomic E-state index is 14.1. The van der Waals surface area contributed by atoms with Crippen LogP contribution in [0.2, 0.25) is 0 Å². The maximum atomic E-state index is 14.1. The minimum absolute atomic E-state index is 0.124. The molecular weight excluding hydrogens is 689 g/mol. The number of ketones is 1. The minimum Gasteiger partial charge on any atom is -0.480 e. The van der Waals surface area contributed by atoms with E-state index in [1.165, 1.54) is 24.8 Å². The van der Waals surface area contributed by atoms with E-state index >= 15 is 0 Å². The van der Waals surface area contributed by atoms with E-state index in [1.54, 1.807) is 0 Å². The van der Waals surface area contributed by atoms with Gasteiger partial charge in [0.15, 0.2) is 5.78 Å². The molecule has 0 spiro atoms. The van der Waals surface area contributed by atoms with E-state index in [-0.39, 0.29) is 30.8 Å². The van der Waals surface area contributed by atoms with Gasteiger partial charge in [-0.25, -0.2) is 0 Å². The lowest BCUT2D eigenvalue weighted by molar-refractivity contribution is -0.143. The van der Waals surface area contributed by atoms with Crippen LogP contribution in [-0.2, 0) is 20.7 Å². The van der Waals surface area contributed by atoms with Crippen molar-refractivity contribution in [2.75, 3.05) is 6.61 Å². The van der Waals surface area contributed by atoms with Crippen molar-refractivity contribution < 1.29 is 24.2 Å². The van der Waals surface area contributed by atoms with Crippen molar-refractivity contribution in [3.8, 4) is 0 Å². The van der Waals surface area contributed by atoms with E-state index < -0.39 is 17.7 Å². The van der Waals surface area contributed by atoms with Crippen molar-refractivity contribution in [1.29, 1.82) is 0 Å². The molecule has 0 radical (unpaired) electrons. The number of hydrogen-bond donors (Lipinski definition) is 5. The summed E-state index contributed by atoms with van der Waals surface area (Å²) in [6.07, 6.45) is 17.2. The summed E-state index contributed by atoms with van der Waals surface area (Å²) in [5, 5.41) is 16.1. The Morgan fingerprint density at radius 1 is 0.964 bits per heavy atom. The Balaban J connectivity index is 1.40. The summed E-state index contributed by atoms with van der Waals surface area (Å²) in [5.41, 5.74) is 11.7. The number of carbonyl (C=O) groups is 3. The Morgan fingerprint density at radius 3 is 2.38 bits per heavy atom. The number of H-pyrrole nitrogens is 3. The zero-order chi connectivity index (χ0) is 39.7. The first-order valence-electron chi connectivity index (χ1n) is 20.1. The Labute approximate surface area is 324 Å². The summed E-state index contributed by atoms with van der Waals surface area (Å²) in [5.74, 6) is -2.98. The fraction of sp³-hybridized carbons (Fsp3) is 0.457. The lowest BCUT2D eigenvalue weighted by Gasteiger charge is -2.19. The van der Waals surface area contributed by atoms with Crippen LogP contribution in [0.5, 0.6) is 0 Å². The molecule has 8 bridgehead atoms. The molecule has 0 unspecified atom stereocenters. The molecule has 292 valence electrons. The fourth-order valence-corrected chi connectivity index (χ4v) is 8.98. The molecule has 3 aliphatic rings. The van der Waals surface area contributed by atoms with Crippen LogP contribution in [-0.4, -0.2) is 44.4 Å². The fourth-order valence-electron chi connectivity index (χ4n) is 8.98. The number of allylic oxidation sites excluding steroid dienone is 3. The van der Waals surface area contributed by atoms with E-state index in [1.807, 2.05) is 25.2 Å². The molecule has 5 heterocycles. The van der Waals surface area contributed by atoms with Crippen molar-refractivity contribution >= 4 is 47.6 Å². The van der Waals surface area contributed by atoms with Gasteiger partial charge in [0.05, 0.1) is 5.69 Å². The van der Waals surface area contributed by atoms with Gasteiger partial charge in [0.25, 0.3) is 0 Å². The smallest absolute Gasteiger partial charge is 0.319 e. The second-order valence-corrected chi connectivity index (χ2v) is 15.9. The summed E-state index contributed by atoms with van der Waals surface area (Å²) in [4.78, 5) is 51.0. The second kappa shape index (κ2) is 16.4. The van der Waals surface area contributed by atoms with Crippen LogP contribution in [0.3, 0.4) is 0 Å². The largest absolute Gasteiger partial charge is 0.480 e. The van der Waals surface area contributed by atoms with E-state index in [9.17, 15) is 19.5 Å². The molecule has 4 atom stereocenters. The first-order chi connectivity index (χ1) is 26.3. The van der Waals surface area contributed by atoms with E-state index in [4.69, 9.17) is 4.74 Å². The maximum Gasteiger partial charge on any atom is 0.319 e. The van der Waals surface area contributed by atoms with Crippen molar-refractivity contribution in [3.05, 3.63) is 96.5 Å². The van der Waals surface area contributed by atoms with Crippen LogP contribution in [0, 0.1) is 44.4 Å². The molecule has 9 heteroatoms. The van der Waals surface area contributed by atoms with Crippen molar-refractivity contribution in [2.45, 2.75) is 107 Å². The molecular formula is C46H58N4O5. The van der Waals surface area contributed by atoms with Gasteiger partial charge in [-0.3, -0.25) is 14.4 Å². The standard InChI is InChI=1S/C46H58N4O5/c1-10-14-24(4)15-13-16-25(5)19-20-55-39(51)18-17-32-28(8)35-21-33-26(6)30(11-2)37(47-33)22-34-27(7)31(12-3)38(48-34)23-36-29(9)40-44(50-36)41(43(32)49-35)42(45(40)52)46(53)54/h11,19,21-24,28,32,42,47-50H,2,10,12-18,20H2,1,3-9H3,(H,53,54)/b25-19+,34-22-,35-21-,38-23-,43-41-/t24-,28+,32+,42-/m1/s1.